The summed E-state index contributed by atoms with van der Waals surface area (Å²) in [4.78, 5) is 0. The van der Waals surface area contributed by atoms with E-state index in [2.05, 4.69) is 6.66 Å². The Morgan fingerprint density at radius 1 is 0.700 bits per heavy atom. The summed E-state index contributed by atoms with van der Waals surface area (Å²) >= 11 is 0. The van der Waals surface area contributed by atoms with Crippen molar-refractivity contribution in [3.05, 3.63) is 0 Å². The Morgan fingerprint density at radius 2 is 1.10 bits per heavy atom. The lowest BCUT2D eigenvalue weighted by Gasteiger charge is -2.00. The van der Waals surface area contributed by atoms with Crippen LogP contribution in [0, 0.1) is 0 Å². The van der Waals surface area contributed by atoms with E-state index in [4.69, 9.17) is 0 Å². The van der Waals surface area contributed by atoms with Crippen molar-refractivity contribution in [3.8, 4) is 0 Å². The van der Waals surface area contributed by atoms with E-state index in [0.29, 0.717) is 0 Å². The van der Waals surface area contributed by atoms with Crippen molar-refractivity contribution in [2.45, 2.75) is 38.5 Å². The molecule has 0 unspecified atom stereocenters. The van der Waals surface area contributed by atoms with Gasteiger partial charge in [0.2, 0.25) is 0 Å². The van der Waals surface area contributed by atoms with Crippen LogP contribution in [-0.4, -0.2) is 19.0 Å². The molecule has 0 spiro atoms. The molecule has 0 aromatic carbocycles. The van der Waals surface area contributed by atoms with Gasteiger partial charge in [0.15, 0.2) is 0 Å². The second kappa shape index (κ2) is 5.13. The molecule has 1 aliphatic heterocycles. The Kier molecular flexibility index (Phi) is 4.37. The molecular formula is C9H20P+. The summed E-state index contributed by atoms with van der Waals surface area (Å²) in [7, 11) is 0.125. The van der Waals surface area contributed by atoms with E-state index in [1.807, 2.05) is 0 Å². The second-order valence-corrected chi connectivity index (χ2v) is 6.49. The Hall–Kier alpha value is 0.430. The van der Waals surface area contributed by atoms with Crippen LogP contribution in [0.2, 0.25) is 0 Å². The quantitative estimate of drug-likeness (QED) is 0.476. The van der Waals surface area contributed by atoms with Crippen LogP contribution in [0.25, 0.3) is 0 Å². The molecule has 1 rings (SSSR count). The van der Waals surface area contributed by atoms with Crippen molar-refractivity contribution >= 4 is 7.92 Å². The maximum Gasteiger partial charge on any atom is 0.0569 e. The molecule has 1 aliphatic rings. The lowest BCUT2D eigenvalue weighted by Crippen LogP contribution is -1.86. The standard InChI is InChI=1S/C9H19P/c1-10-8-6-4-2-3-5-7-9-10/h2-9H2,1H3/p+1. The largest absolute Gasteiger partial charge is 0.0569 e. The predicted molar refractivity (Wildman–Crippen MR) is 51.7 cm³/mol. The van der Waals surface area contributed by atoms with Gasteiger partial charge >= 0.3 is 0 Å². The predicted octanol–water partition coefficient (Wildman–Crippen LogP) is 3.18. The average molecular weight is 159 g/mol. The molecule has 0 nitrogen and oxygen atoms in total. The van der Waals surface area contributed by atoms with Crippen LogP contribution in [0.4, 0.5) is 0 Å². The fourth-order valence-corrected chi connectivity index (χ4v) is 3.64. The third-order valence-electron chi connectivity index (χ3n) is 2.46. The third-order valence-corrected chi connectivity index (χ3v) is 4.87. The molecule has 0 amide bonds. The van der Waals surface area contributed by atoms with Crippen molar-refractivity contribution < 1.29 is 0 Å². The summed E-state index contributed by atoms with van der Waals surface area (Å²) in [6, 6.07) is 0. The molecule has 1 heteroatoms. The summed E-state index contributed by atoms with van der Waals surface area (Å²) in [6.07, 6.45) is 12.3. The molecule has 0 saturated carbocycles. The van der Waals surface area contributed by atoms with Gasteiger partial charge in [-0.15, -0.1) is 0 Å². The van der Waals surface area contributed by atoms with E-state index in [-0.39, 0.29) is 7.92 Å². The van der Waals surface area contributed by atoms with Crippen molar-refractivity contribution in [2.24, 2.45) is 0 Å². The van der Waals surface area contributed by atoms with E-state index >= 15 is 0 Å². The molecule has 1 saturated heterocycles. The molecule has 0 atom stereocenters. The van der Waals surface area contributed by atoms with Crippen LogP contribution >= 0.6 is 7.92 Å². The van der Waals surface area contributed by atoms with Crippen LogP contribution < -0.4 is 0 Å². The highest BCUT2D eigenvalue weighted by molar-refractivity contribution is 7.56. The van der Waals surface area contributed by atoms with Crippen LogP contribution in [0.15, 0.2) is 0 Å². The van der Waals surface area contributed by atoms with E-state index in [1.165, 1.54) is 38.5 Å². The highest BCUT2D eigenvalue weighted by Gasteiger charge is 2.09. The molecule has 0 radical (unpaired) electrons. The van der Waals surface area contributed by atoms with Gasteiger partial charge in [-0.05, 0) is 33.6 Å². The molecule has 1 heterocycles. The van der Waals surface area contributed by atoms with Gasteiger partial charge in [-0.3, -0.25) is 0 Å². The van der Waals surface area contributed by atoms with Gasteiger partial charge in [0.1, 0.15) is 0 Å². The Labute approximate surface area is 66.2 Å². The molecule has 0 aromatic heterocycles. The minimum absolute atomic E-state index is 0.125. The second-order valence-electron chi connectivity index (χ2n) is 3.58. The van der Waals surface area contributed by atoms with E-state index < -0.39 is 0 Å². The highest BCUT2D eigenvalue weighted by atomic mass is 31.1. The topological polar surface area (TPSA) is 0 Å². The fourth-order valence-electron chi connectivity index (χ4n) is 1.69. The van der Waals surface area contributed by atoms with Crippen molar-refractivity contribution in [1.82, 2.24) is 0 Å². The Bertz CT molecular complexity index is 70.8. The zero-order valence-corrected chi connectivity index (χ0v) is 8.16. The molecular weight excluding hydrogens is 139 g/mol. The van der Waals surface area contributed by atoms with Crippen LogP contribution in [0.3, 0.4) is 0 Å². The lowest BCUT2D eigenvalue weighted by atomic mass is 10.1. The minimum Gasteiger partial charge on any atom is -0.0532 e. The van der Waals surface area contributed by atoms with Gasteiger partial charge in [0, 0.05) is 6.66 Å². The molecule has 0 bridgehead atoms. The highest BCUT2D eigenvalue weighted by Crippen LogP contribution is 2.34. The number of hydrogen-bond donors (Lipinski definition) is 0. The average Bonchev–Trinajstić information content (AvgIpc) is 2.02. The van der Waals surface area contributed by atoms with Gasteiger partial charge in [0.05, 0.1) is 12.3 Å². The Morgan fingerprint density at radius 3 is 1.60 bits per heavy atom. The fraction of sp³-hybridized carbons (Fsp3) is 1.00. The first-order valence-electron chi connectivity index (χ1n) is 4.71. The summed E-state index contributed by atoms with van der Waals surface area (Å²) in [5.41, 5.74) is 0. The maximum absolute atomic E-state index is 2.51. The number of hydrogen-bond acceptors (Lipinski definition) is 0. The Balaban J connectivity index is 2.15. The minimum atomic E-state index is 0.125. The molecule has 1 fully saturated rings. The van der Waals surface area contributed by atoms with Gasteiger partial charge < -0.3 is 0 Å². The number of rotatable bonds is 0. The van der Waals surface area contributed by atoms with Crippen LogP contribution in [0.1, 0.15) is 38.5 Å². The lowest BCUT2D eigenvalue weighted by molar-refractivity contribution is 0.636. The molecule has 0 N–H and O–H groups in total. The summed E-state index contributed by atoms with van der Waals surface area (Å²) in [5, 5.41) is 0. The smallest absolute Gasteiger partial charge is 0.0532 e. The monoisotopic (exact) mass is 159 g/mol. The van der Waals surface area contributed by atoms with E-state index in [9.17, 15) is 0 Å². The van der Waals surface area contributed by atoms with Gasteiger partial charge in [0.25, 0.3) is 0 Å². The van der Waals surface area contributed by atoms with E-state index in [0.717, 1.165) is 0 Å². The van der Waals surface area contributed by atoms with Crippen LogP contribution in [0.5, 0.6) is 0 Å². The molecule has 0 aliphatic carbocycles. The summed E-state index contributed by atoms with van der Waals surface area (Å²) < 4.78 is 0. The summed E-state index contributed by atoms with van der Waals surface area (Å²) in [5.74, 6) is 0. The van der Waals surface area contributed by atoms with Crippen LogP contribution in [-0.2, 0) is 0 Å². The normalized spacial score (nSPS) is 24.9. The SMILES string of the molecule is C[PH+]1CCCCCCCC1. The molecule has 60 valence electrons. The first kappa shape index (κ1) is 8.53. The van der Waals surface area contributed by atoms with Gasteiger partial charge in [-0.25, -0.2) is 0 Å². The third kappa shape index (κ3) is 3.56. The maximum atomic E-state index is 2.51. The summed E-state index contributed by atoms with van der Waals surface area (Å²) in [6.45, 7) is 2.51. The zero-order valence-electron chi connectivity index (χ0n) is 7.16. The van der Waals surface area contributed by atoms with Gasteiger partial charge in [-0.1, -0.05) is 12.8 Å². The first-order chi connectivity index (χ1) is 4.89. The van der Waals surface area contributed by atoms with Crippen molar-refractivity contribution in [1.29, 1.82) is 0 Å². The van der Waals surface area contributed by atoms with Crippen molar-refractivity contribution in [2.75, 3.05) is 19.0 Å². The molecule has 0 aromatic rings. The molecule has 10 heavy (non-hydrogen) atoms. The van der Waals surface area contributed by atoms with Gasteiger partial charge in [-0.2, -0.15) is 0 Å². The first-order valence-corrected chi connectivity index (χ1v) is 7.12. The zero-order chi connectivity index (χ0) is 7.23. The van der Waals surface area contributed by atoms with E-state index in [1.54, 1.807) is 12.3 Å². The van der Waals surface area contributed by atoms with Crippen molar-refractivity contribution in [3.63, 3.8) is 0 Å².